The van der Waals surface area contributed by atoms with Crippen molar-refractivity contribution in [3.05, 3.63) is 36.1 Å². The first kappa shape index (κ1) is 13.1. The Morgan fingerprint density at radius 2 is 2.11 bits per heavy atom. The van der Waals surface area contributed by atoms with Crippen LogP contribution in [0.4, 0.5) is 0 Å². The molecule has 0 saturated carbocycles. The van der Waals surface area contributed by atoms with Crippen LogP contribution in [-0.2, 0) is 4.74 Å². The normalized spacial score (nSPS) is 14.8. The lowest BCUT2D eigenvalue weighted by Gasteiger charge is -2.22. The molecular weight excluding hydrogens is 226 g/mol. The molecule has 1 aromatic heterocycles. The standard InChI is InChI=1S/C15H21NO2/c1-4-9-16-15(11(2)17-3)14-10-12-7-5-6-8-13(12)18-14/h5-8,10-11,15-16H,4,9H2,1-3H3. The van der Waals surface area contributed by atoms with Crippen LogP contribution in [0.5, 0.6) is 0 Å². The molecule has 0 radical (unpaired) electrons. The van der Waals surface area contributed by atoms with Crippen molar-refractivity contribution in [1.29, 1.82) is 0 Å². The van der Waals surface area contributed by atoms with E-state index in [9.17, 15) is 0 Å². The molecule has 0 aliphatic rings. The van der Waals surface area contributed by atoms with Gasteiger partial charge in [0.25, 0.3) is 0 Å². The predicted molar refractivity (Wildman–Crippen MR) is 73.7 cm³/mol. The van der Waals surface area contributed by atoms with Crippen LogP contribution in [0.2, 0.25) is 0 Å². The van der Waals surface area contributed by atoms with Crippen LogP contribution in [0.1, 0.15) is 32.1 Å². The lowest BCUT2D eigenvalue weighted by Crippen LogP contribution is -2.31. The SMILES string of the molecule is CCCNC(c1cc2ccccc2o1)C(C)OC. The third-order valence-corrected chi connectivity index (χ3v) is 3.21. The van der Waals surface area contributed by atoms with Gasteiger partial charge in [0.15, 0.2) is 0 Å². The van der Waals surface area contributed by atoms with Gasteiger partial charge < -0.3 is 14.5 Å². The molecule has 0 saturated heterocycles. The maximum atomic E-state index is 5.91. The molecule has 3 nitrogen and oxygen atoms in total. The fraction of sp³-hybridized carbons (Fsp3) is 0.467. The van der Waals surface area contributed by atoms with Crippen LogP contribution < -0.4 is 5.32 Å². The molecule has 0 spiro atoms. The molecule has 0 fully saturated rings. The second kappa shape index (κ2) is 6.03. The number of ether oxygens (including phenoxy) is 1. The first-order chi connectivity index (χ1) is 8.76. The smallest absolute Gasteiger partial charge is 0.134 e. The zero-order chi connectivity index (χ0) is 13.0. The lowest BCUT2D eigenvalue weighted by molar-refractivity contribution is 0.0760. The molecule has 1 N–H and O–H groups in total. The summed E-state index contributed by atoms with van der Waals surface area (Å²) < 4.78 is 11.3. The average Bonchev–Trinajstić information content (AvgIpc) is 2.82. The van der Waals surface area contributed by atoms with Crippen molar-refractivity contribution in [2.45, 2.75) is 32.4 Å². The van der Waals surface area contributed by atoms with E-state index in [1.807, 2.05) is 18.2 Å². The van der Waals surface area contributed by atoms with Crippen molar-refractivity contribution < 1.29 is 9.15 Å². The highest BCUT2D eigenvalue weighted by molar-refractivity contribution is 5.77. The van der Waals surface area contributed by atoms with Gasteiger partial charge in [-0.1, -0.05) is 25.1 Å². The maximum Gasteiger partial charge on any atom is 0.134 e. The van der Waals surface area contributed by atoms with Crippen LogP contribution in [0.3, 0.4) is 0 Å². The Bertz CT molecular complexity index is 459. The molecular formula is C15H21NO2. The van der Waals surface area contributed by atoms with Crippen molar-refractivity contribution in [3.63, 3.8) is 0 Å². The lowest BCUT2D eigenvalue weighted by atomic mass is 10.1. The number of benzene rings is 1. The van der Waals surface area contributed by atoms with E-state index in [1.165, 1.54) is 0 Å². The average molecular weight is 247 g/mol. The first-order valence-corrected chi connectivity index (χ1v) is 6.51. The third kappa shape index (κ3) is 2.74. The monoisotopic (exact) mass is 247 g/mol. The van der Waals surface area contributed by atoms with Crippen LogP contribution >= 0.6 is 0 Å². The van der Waals surface area contributed by atoms with Gasteiger partial charge in [-0.05, 0) is 32.0 Å². The van der Waals surface area contributed by atoms with Crippen LogP contribution in [0, 0.1) is 0 Å². The van der Waals surface area contributed by atoms with Gasteiger partial charge in [0.05, 0.1) is 12.1 Å². The maximum absolute atomic E-state index is 5.91. The van der Waals surface area contributed by atoms with E-state index >= 15 is 0 Å². The summed E-state index contributed by atoms with van der Waals surface area (Å²) in [6, 6.07) is 10.3. The molecule has 0 amide bonds. The van der Waals surface area contributed by atoms with Gasteiger partial charge in [0, 0.05) is 12.5 Å². The Morgan fingerprint density at radius 3 is 2.78 bits per heavy atom. The Balaban J connectivity index is 2.28. The Kier molecular flexibility index (Phi) is 4.39. The summed E-state index contributed by atoms with van der Waals surface area (Å²) >= 11 is 0. The molecule has 98 valence electrons. The minimum atomic E-state index is 0.0807. The largest absolute Gasteiger partial charge is 0.459 e. The molecule has 0 bridgehead atoms. The summed E-state index contributed by atoms with van der Waals surface area (Å²) in [5.74, 6) is 0.944. The molecule has 0 aliphatic heterocycles. The van der Waals surface area contributed by atoms with Gasteiger partial charge in [-0.15, -0.1) is 0 Å². The van der Waals surface area contributed by atoms with E-state index in [2.05, 4.69) is 31.3 Å². The highest BCUT2D eigenvalue weighted by Crippen LogP contribution is 2.26. The number of furan rings is 1. The topological polar surface area (TPSA) is 34.4 Å². The Hall–Kier alpha value is -1.32. The van der Waals surface area contributed by atoms with Crippen molar-refractivity contribution in [2.75, 3.05) is 13.7 Å². The molecule has 2 aromatic rings. The van der Waals surface area contributed by atoms with Gasteiger partial charge in [-0.3, -0.25) is 0 Å². The van der Waals surface area contributed by atoms with E-state index in [0.717, 1.165) is 29.7 Å². The second-order valence-corrected chi connectivity index (χ2v) is 4.56. The minimum Gasteiger partial charge on any atom is -0.459 e. The number of hydrogen-bond acceptors (Lipinski definition) is 3. The summed E-state index contributed by atoms with van der Waals surface area (Å²) in [5.41, 5.74) is 0.930. The molecule has 0 aliphatic carbocycles. The molecule has 2 atom stereocenters. The van der Waals surface area contributed by atoms with Gasteiger partial charge in [0.2, 0.25) is 0 Å². The number of hydrogen-bond donors (Lipinski definition) is 1. The van der Waals surface area contributed by atoms with Crippen LogP contribution in [-0.4, -0.2) is 19.8 Å². The van der Waals surface area contributed by atoms with Gasteiger partial charge in [-0.25, -0.2) is 0 Å². The zero-order valence-electron chi connectivity index (χ0n) is 11.3. The molecule has 1 aromatic carbocycles. The first-order valence-electron chi connectivity index (χ1n) is 6.51. The van der Waals surface area contributed by atoms with E-state index in [1.54, 1.807) is 7.11 Å². The highest BCUT2D eigenvalue weighted by Gasteiger charge is 2.22. The zero-order valence-corrected chi connectivity index (χ0v) is 11.3. The molecule has 2 rings (SSSR count). The number of methoxy groups -OCH3 is 1. The van der Waals surface area contributed by atoms with E-state index < -0.39 is 0 Å². The highest BCUT2D eigenvalue weighted by atomic mass is 16.5. The Labute approximate surface area is 108 Å². The molecule has 18 heavy (non-hydrogen) atoms. The van der Waals surface area contributed by atoms with E-state index in [-0.39, 0.29) is 12.1 Å². The van der Waals surface area contributed by atoms with Crippen molar-refractivity contribution in [3.8, 4) is 0 Å². The molecule has 2 unspecified atom stereocenters. The quantitative estimate of drug-likeness (QED) is 0.848. The minimum absolute atomic E-state index is 0.0807. The van der Waals surface area contributed by atoms with Crippen LogP contribution in [0.15, 0.2) is 34.7 Å². The van der Waals surface area contributed by atoms with Crippen molar-refractivity contribution >= 4 is 11.0 Å². The Morgan fingerprint density at radius 1 is 1.33 bits per heavy atom. The predicted octanol–water partition coefficient (Wildman–Crippen LogP) is 3.51. The fourth-order valence-corrected chi connectivity index (χ4v) is 2.09. The van der Waals surface area contributed by atoms with Crippen molar-refractivity contribution in [2.24, 2.45) is 0 Å². The van der Waals surface area contributed by atoms with E-state index in [4.69, 9.17) is 9.15 Å². The van der Waals surface area contributed by atoms with Crippen molar-refractivity contribution in [1.82, 2.24) is 5.32 Å². The summed E-state index contributed by atoms with van der Waals surface area (Å²) in [6.45, 7) is 5.16. The summed E-state index contributed by atoms with van der Waals surface area (Å²) in [5, 5.41) is 4.62. The second-order valence-electron chi connectivity index (χ2n) is 4.56. The molecule has 3 heteroatoms. The summed E-state index contributed by atoms with van der Waals surface area (Å²) in [4.78, 5) is 0. The molecule has 1 heterocycles. The number of fused-ring (bicyclic) bond motifs is 1. The van der Waals surface area contributed by atoms with E-state index in [0.29, 0.717) is 0 Å². The number of rotatable bonds is 6. The van der Waals surface area contributed by atoms with Crippen LogP contribution in [0.25, 0.3) is 11.0 Å². The number of nitrogens with one attached hydrogen (secondary N) is 1. The number of para-hydroxylation sites is 1. The van der Waals surface area contributed by atoms with Gasteiger partial charge in [0.1, 0.15) is 11.3 Å². The van der Waals surface area contributed by atoms with Gasteiger partial charge in [-0.2, -0.15) is 0 Å². The van der Waals surface area contributed by atoms with Gasteiger partial charge >= 0.3 is 0 Å². The summed E-state index contributed by atoms with van der Waals surface area (Å²) in [6.07, 6.45) is 1.17. The third-order valence-electron chi connectivity index (χ3n) is 3.21. The summed E-state index contributed by atoms with van der Waals surface area (Å²) in [7, 11) is 1.73. The fourth-order valence-electron chi connectivity index (χ4n) is 2.09.